The molecule has 1 aliphatic rings. The minimum Gasteiger partial charge on any atom is -0.395 e. The van der Waals surface area contributed by atoms with Gasteiger partial charge >= 0.3 is 0 Å². The molecule has 4 nitrogen and oxygen atoms in total. The lowest BCUT2D eigenvalue weighted by atomic mass is 10.1. The first-order valence-corrected chi connectivity index (χ1v) is 8.98. The molecule has 3 rings (SSSR count). The maximum Gasteiger partial charge on any atom is 0.122 e. The topological polar surface area (TPSA) is 41.3 Å². The highest BCUT2D eigenvalue weighted by molar-refractivity contribution is 7.12. The largest absolute Gasteiger partial charge is 0.395 e. The SMILES string of the molecule is Cn1ccnc1CN(CCO)Cc1cc2c(s1)CCCCC2. The predicted molar refractivity (Wildman–Crippen MR) is 90.0 cm³/mol. The summed E-state index contributed by atoms with van der Waals surface area (Å²) in [5.74, 6) is 1.05. The Bertz CT molecular complexity index is 581. The molecule has 2 aromatic rings. The molecule has 0 amide bonds. The molecular weight excluding hydrogens is 294 g/mol. The van der Waals surface area contributed by atoms with Gasteiger partial charge in [0.15, 0.2) is 0 Å². The van der Waals surface area contributed by atoms with E-state index in [9.17, 15) is 5.11 Å². The molecule has 0 atom stereocenters. The van der Waals surface area contributed by atoms with Crippen LogP contribution >= 0.6 is 11.3 Å². The van der Waals surface area contributed by atoms with Crippen LogP contribution in [0.4, 0.5) is 0 Å². The molecule has 0 unspecified atom stereocenters. The first-order chi connectivity index (χ1) is 10.8. The second-order valence-electron chi connectivity index (χ2n) is 6.11. The van der Waals surface area contributed by atoms with Crippen LogP contribution in [0.5, 0.6) is 0 Å². The Balaban J connectivity index is 1.69. The summed E-state index contributed by atoms with van der Waals surface area (Å²) in [4.78, 5) is 9.70. The normalized spacial score (nSPS) is 15.0. The number of hydrogen-bond donors (Lipinski definition) is 1. The highest BCUT2D eigenvalue weighted by atomic mass is 32.1. The lowest BCUT2D eigenvalue weighted by molar-refractivity contribution is 0.181. The predicted octanol–water partition coefficient (Wildman–Crippen LogP) is 2.75. The van der Waals surface area contributed by atoms with Crippen LogP contribution in [0.25, 0.3) is 0 Å². The van der Waals surface area contributed by atoms with Crippen LogP contribution in [0.3, 0.4) is 0 Å². The third kappa shape index (κ3) is 3.77. The fourth-order valence-corrected chi connectivity index (χ4v) is 4.43. The molecule has 5 heteroatoms. The van der Waals surface area contributed by atoms with E-state index < -0.39 is 0 Å². The van der Waals surface area contributed by atoms with Crippen molar-refractivity contribution < 1.29 is 5.11 Å². The number of aryl methyl sites for hydroxylation is 3. The van der Waals surface area contributed by atoms with Crippen molar-refractivity contribution in [3.05, 3.63) is 39.6 Å². The van der Waals surface area contributed by atoms with Crippen LogP contribution in [0.15, 0.2) is 18.5 Å². The maximum absolute atomic E-state index is 9.35. The van der Waals surface area contributed by atoms with Crippen molar-refractivity contribution in [1.29, 1.82) is 0 Å². The van der Waals surface area contributed by atoms with Crippen molar-refractivity contribution in [2.75, 3.05) is 13.2 Å². The quantitative estimate of drug-likeness (QED) is 0.833. The van der Waals surface area contributed by atoms with E-state index >= 15 is 0 Å². The van der Waals surface area contributed by atoms with Gasteiger partial charge in [0.05, 0.1) is 13.2 Å². The van der Waals surface area contributed by atoms with Gasteiger partial charge in [0.1, 0.15) is 5.82 Å². The van der Waals surface area contributed by atoms with E-state index in [1.807, 2.05) is 35.3 Å². The zero-order chi connectivity index (χ0) is 15.4. The summed E-state index contributed by atoms with van der Waals surface area (Å²) in [6, 6.07) is 2.40. The summed E-state index contributed by atoms with van der Waals surface area (Å²) < 4.78 is 2.05. The molecule has 0 saturated heterocycles. The molecule has 0 saturated carbocycles. The molecule has 2 heterocycles. The van der Waals surface area contributed by atoms with Gasteiger partial charge in [0.25, 0.3) is 0 Å². The average molecular weight is 319 g/mol. The van der Waals surface area contributed by atoms with Gasteiger partial charge in [-0.05, 0) is 37.3 Å². The van der Waals surface area contributed by atoms with Gasteiger partial charge in [-0.1, -0.05) is 6.42 Å². The summed E-state index contributed by atoms with van der Waals surface area (Å²) in [7, 11) is 2.02. The fraction of sp³-hybridized carbons (Fsp3) is 0.588. The van der Waals surface area contributed by atoms with Gasteiger partial charge in [-0.3, -0.25) is 4.90 Å². The van der Waals surface area contributed by atoms with Gasteiger partial charge in [-0.25, -0.2) is 4.98 Å². The molecule has 22 heavy (non-hydrogen) atoms. The van der Waals surface area contributed by atoms with E-state index in [1.165, 1.54) is 37.0 Å². The third-order valence-electron chi connectivity index (χ3n) is 4.38. The van der Waals surface area contributed by atoms with Crippen LogP contribution in [-0.4, -0.2) is 32.7 Å². The number of imidazole rings is 1. The van der Waals surface area contributed by atoms with Crippen molar-refractivity contribution in [1.82, 2.24) is 14.5 Å². The molecular formula is C17H25N3OS. The number of rotatable bonds is 6. The summed E-state index contributed by atoms with van der Waals surface area (Å²) in [6.07, 6.45) is 10.3. The second kappa shape index (κ2) is 7.40. The fourth-order valence-electron chi connectivity index (χ4n) is 3.13. The lowest BCUT2D eigenvalue weighted by Gasteiger charge is -2.20. The molecule has 120 valence electrons. The number of thiophene rings is 1. The van der Waals surface area contributed by atoms with Gasteiger partial charge in [-0.2, -0.15) is 0 Å². The first-order valence-electron chi connectivity index (χ1n) is 8.16. The number of aliphatic hydroxyl groups excluding tert-OH is 1. The van der Waals surface area contributed by atoms with Crippen LogP contribution in [-0.2, 0) is 33.0 Å². The van der Waals surface area contributed by atoms with Gasteiger partial charge in [-0.15, -0.1) is 11.3 Å². The Morgan fingerprint density at radius 3 is 2.91 bits per heavy atom. The van der Waals surface area contributed by atoms with Crippen molar-refractivity contribution >= 4 is 11.3 Å². The monoisotopic (exact) mass is 319 g/mol. The van der Waals surface area contributed by atoms with Gasteiger partial charge < -0.3 is 9.67 Å². The molecule has 0 spiro atoms. The highest BCUT2D eigenvalue weighted by Crippen LogP contribution is 2.29. The van der Waals surface area contributed by atoms with Crippen LogP contribution < -0.4 is 0 Å². The molecule has 1 N–H and O–H groups in total. The summed E-state index contributed by atoms with van der Waals surface area (Å²) in [5.41, 5.74) is 1.57. The maximum atomic E-state index is 9.35. The van der Waals surface area contributed by atoms with Crippen LogP contribution in [0.1, 0.15) is 40.4 Å². The number of aliphatic hydroxyl groups is 1. The summed E-state index contributed by atoms with van der Waals surface area (Å²) in [5, 5.41) is 9.35. The highest BCUT2D eigenvalue weighted by Gasteiger charge is 2.15. The Hall–Kier alpha value is -1.17. The smallest absolute Gasteiger partial charge is 0.122 e. The minimum absolute atomic E-state index is 0.190. The Morgan fingerprint density at radius 1 is 1.27 bits per heavy atom. The number of fused-ring (bicyclic) bond motifs is 1. The minimum atomic E-state index is 0.190. The van der Waals surface area contributed by atoms with E-state index in [1.54, 1.807) is 10.4 Å². The van der Waals surface area contributed by atoms with Gasteiger partial charge in [0.2, 0.25) is 0 Å². The molecule has 0 aliphatic heterocycles. The summed E-state index contributed by atoms with van der Waals surface area (Å²) >= 11 is 1.97. The van der Waals surface area contributed by atoms with E-state index in [2.05, 4.69) is 16.0 Å². The zero-order valence-electron chi connectivity index (χ0n) is 13.3. The van der Waals surface area contributed by atoms with E-state index in [0.29, 0.717) is 6.54 Å². The molecule has 1 aliphatic carbocycles. The Morgan fingerprint density at radius 2 is 2.14 bits per heavy atom. The lowest BCUT2D eigenvalue weighted by Crippen LogP contribution is -2.27. The Labute approximate surface area is 136 Å². The van der Waals surface area contributed by atoms with E-state index in [-0.39, 0.29) is 6.61 Å². The number of hydrogen-bond acceptors (Lipinski definition) is 4. The van der Waals surface area contributed by atoms with Crippen molar-refractivity contribution in [3.8, 4) is 0 Å². The standard InChI is InChI=1S/C17H25N3OS/c1-19-8-7-18-17(19)13-20(9-10-21)12-15-11-14-5-3-2-4-6-16(14)22-15/h7-8,11,21H,2-6,9-10,12-13H2,1H3. The third-order valence-corrected chi connectivity index (χ3v) is 5.60. The van der Waals surface area contributed by atoms with Crippen LogP contribution in [0.2, 0.25) is 0 Å². The zero-order valence-corrected chi connectivity index (χ0v) is 14.1. The molecule has 0 fully saturated rings. The Kier molecular flexibility index (Phi) is 5.28. The average Bonchev–Trinajstić information content (AvgIpc) is 3.00. The first kappa shape index (κ1) is 15.7. The molecule has 2 aromatic heterocycles. The number of nitrogens with zero attached hydrogens (tertiary/aromatic N) is 3. The van der Waals surface area contributed by atoms with Crippen molar-refractivity contribution in [2.24, 2.45) is 7.05 Å². The van der Waals surface area contributed by atoms with E-state index in [4.69, 9.17) is 0 Å². The summed E-state index contributed by atoms with van der Waals surface area (Å²) in [6.45, 7) is 2.57. The van der Waals surface area contributed by atoms with Crippen molar-refractivity contribution in [3.63, 3.8) is 0 Å². The van der Waals surface area contributed by atoms with Crippen molar-refractivity contribution in [2.45, 2.75) is 45.2 Å². The van der Waals surface area contributed by atoms with Gasteiger partial charge in [0, 0.05) is 42.3 Å². The molecule has 0 radical (unpaired) electrons. The van der Waals surface area contributed by atoms with Crippen LogP contribution in [0, 0.1) is 0 Å². The molecule has 0 bridgehead atoms. The molecule has 0 aromatic carbocycles. The second-order valence-corrected chi connectivity index (χ2v) is 7.33. The number of aromatic nitrogens is 2. The van der Waals surface area contributed by atoms with E-state index in [0.717, 1.165) is 18.9 Å².